The normalized spacial score (nSPS) is 14.8. The molecule has 104 valence electrons. The zero-order chi connectivity index (χ0) is 13.9. The van der Waals surface area contributed by atoms with Gasteiger partial charge in [-0.25, -0.2) is 0 Å². The summed E-state index contributed by atoms with van der Waals surface area (Å²) < 4.78 is 0. The van der Waals surface area contributed by atoms with Gasteiger partial charge in [0.25, 0.3) is 0 Å². The van der Waals surface area contributed by atoms with Crippen molar-refractivity contribution in [3.05, 3.63) is 58.6 Å². The second-order valence-electron chi connectivity index (χ2n) is 5.25. The topological polar surface area (TPSA) is 23.5 Å². The number of aryl methyl sites for hydroxylation is 1. The largest absolute Gasteiger partial charge is 0.506 e. The van der Waals surface area contributed by atoms with Crippen LogP contribution in [-0.2, 0) is 13.0 Å². The lowest BCUT2D eigenvalue weighted by atomic mass is 10.1. The van der Waals surface area contributed by atoms with Crippen molar-refractivity contribution in [3.8, 4) is 5.75 Å². The quantitative estimate of drug-likeness (QED) is 0.885. The molecule has 0 fully saturated rings. The van der Waals surface area contributed by atoms with Gasteiger partial charge in [0.1, 0.15) is 5.75 Å². The molecule has 3 heteroatoms. The molecule has 0 aromatic heterocycles. The van der Waals surface area contributed by atoms with Gasteiger partial charge in [-0.2, -0.15) is 0 Å². The van der Waals surface area contributed by atoms with Crippen molar-refractivity contribution < 1.29 is 5.11 Å². The van der Waals surface area contributed by atoms with Crippen LogP contribution in [0.4, 0.5) is 5.69 Å². The Morgan fingerprint density at radius 2 is 1.90 bits per heavy atom. The molecule has 0 bridgehead atoms. The number of para-hydroxylation sites is 2. The van der Waals surface area contributed by atoms with E-state index < -0.39 is 0 Å². The number of phenols is 1. The van der Waals surface area contributed by atoms with Crippen LogP contribution in [0.25, 0.3) is 0 Å². The summed E-state index contributed by atoms with van der Waals surface area (Å²) in [5.74, 6) is 0.205. The highest BCUT2D eigenvalue weighted by molar-refractivity contribution is 6.32. The molecule has 1 aliphatic heterocycles. The minimum atomic E-state index is 0.205. The number of aromatic hydroxyl groups is 1. The van der Waals surface area contributed by atoms with Crippen LogP contribution in [0.5, 0.6) is 5.75 Å². The number of rotatable bonds is 2. The minimum absolute atomic E-state index is 0.205. The van der Waals surface area contributed by atoms with E-state index in [1.807, 2.05) is 12.1 Å². The number of halogens is 1. The van der Waals surface area contributed by atoms with Gasteiger partial charge in [-0.1, -0.05) is 41.9 Å². The molecule has 2 aromatic rings. The smallest absolute Gasteiger partial charge is 0.139 e. The number of fused-ring (bicyclic) bond motifs is 1. The maximum absolute atomic E-state index is 10.1. The Bertz CT molecular complexity index is 612. The molecule has 0 atom stereocenters. The zero-order valence-corrected chi connectivity index (χ0v) is 12.1. The lowest BCUT2D eigenvalue weighted by Crippen LogP contribution is -2.23. The van der Waals surface area contributed by atoms with Gasteiger partial charge in [-0.3, -0.25) is 0 Å². The number of anilines is 1. The first-order valence-corrected chi connectivity index (χ1v) is 7.43. The molecule has 0 unspecified atom stereocenters. The van der Waals surface area contributed by atoms with E-state index in [1.54, 1.807) is 6.07 Å². The first kappa shape index (κ1) is 13.3. The first-order valence-electron chi connectivity index (χ1n) is 7.05. The Morgan fingerprint density at radius 3 is 2.80 bits per heavy atom. The Hall–Kier alpha value is -1.67. The molecule has 1 heterocycles. The minimum Gasteiger partial charge on any atom is -0.506 e. The summed E-state index contributed by atoms with van der Waals surface area (Å²) >= 11 is 6.00. The standard InChI is InChI=1S/C17H18ClNO/c18-15-9-5-8-14(17(15)20)12-19-11-4-3-7-13-6-1-2-10-16(13)19/h1-2,5-6,8-10,20H,3-4,7,11-12H2. The second kappa shape index (κ2) is 5.76. The third kappa shape index (κ3) is 2.61. The summed E-state index contributed by atoms with van der Waals surface area (Å²) in [4.78, 5) is 2.34. The van der Waals surface area contributed by atoms with E-state index in [-0.39, 0.29) is 5.75 Å². The van der Waals surface area contributed by atoms with E-state index in [9.17, 15) is 5.11 Å². The van der Waals surface area contributed by atoms with Crippen LogP contribution < -0.4 is 4.90 Å². The number of nitrogens with zero attached hydrogens (tertiary/aromatic N) is 1. The molecule has 0 saturated heterocycles. The molecule has 0 radical (unpaired) electrons. The first-order chi connectivity index (χ1) is 9.75. The number of hydrogen-bond donors (Lipinski definition) is 1. The van der Waals surface area contributed by atoms with Gasteiger partial charge in [-0.05, 0) is 37.0 Å². The van der Waals surface area contributed by atoms with Crippen LogP contribution >= 0.6 is 11.6 Å². The zero-order valence-electron chi connectivity index (χ0n) is 11.3. The summed E-state index contributed by atoms with van der Waals surface area (Å²) in [6.45, 7) is 1.71. The van der Waals surface area contributed by atoms with Crippen LogP contribution in [0, 0.1) is 0 Å². The van der Waals surface area contributed by atoms with Crippen molar-refractivity contribution in [1.82, 2.24) is 0 Å². The van der Waals surface area contributed by atoms with Gasteiger partial charge in [0.05, 0.1) is 5.02 Å². The molecule has 1 aliphatic rings. The summed E-state index contributed by atoms with van der Waals surface area (Å²) in [6, 6.07) is 14.1. The van der Waals surface area contributed by atoms with Crippen LogP contribution in [-0.4, -0.2) is 11.7 Å². The molecule has 2 aromatic carbocycles. The molecule has 0 amide bonds. The van der Waals surface area contributed by atoms with E-state index in [2.05, 4.69) is 29.2 Å². The molecule has 2 nitrogen and oxygen atoms in total. The Balaban J connectivity index is 1.92. The van der Waals surface area contributed by atoms with Gasteiger partial charge in [-0.15, -0.1) is 0 Å². The third-order valence-corrected chi connectivity index (χ3v) is 4.19. The Morgan fingerprint density at radius 1 is 1.05 bits per heavy atom. The summed E-state index contributed by atoms with van der Waals surface area (Å²) in [5, 5.41) is 10.5. The average molecular weight is 288 g/mol. The highest BCUT2D eigenvalue weighted by atomic mass is 35.5. The van der Waals surface area contributed by atoms with Gasteiger partial charge in [0.2, 0.25) is 0 Å². The fourth-order valence-electron chi connectivity index (χ4n) is 2.83. The number of hydrogen-bond acceptors (Lipinski definition) is 2. The lowest BCUT2D eigenvalue weighted by molar-refractivity contribution is 0.467. The average Bonchev–Trinajstić information content (AvgIpc) is 2.67. The molecule has 1 N–H and O–H groups in total. The van der Waals surface area contributed by atoms with Crippen LogP contribution in [0.2, 0.25) is 5.02 Å². The van der Waals surface area contributed by atoms with Gasteiger partial charge in [0, 0.05) is 24.3 Å². The maximum Gasteiger partial charge on any atom is 0.139 e. The van der Waals surface area contributed by atoms with Crippen molar-refractivity contribution >= 4 is 17.3 Å². The van der Waals surface area contributed by atoms with Gasteiger partial charge >= 0.3 is 0 Å². The van der Waals surface area contributed by atoms with Gasteiger partial charge < -0.3 is 10.0 Å². The van der Waals surface area contributed by atoms with Crippen molar-refractivity contribution in [2.75, 3.05) is 11.4 Å². The highest BCUT2D eigenvalue weighted by Gasteiger charge is 2.16. The second-order valence-corrected chi connectivity index (χ2v) is 5.66. The Labute approximate surface area is 124 Å². The predicted molar refractivity (Wildman–Crippen MR) is 83.5 cm³/mol. The van der Waals surface area contributed by atoms with Crippen molar-refractivity contribution in [2.24, 2.45) is 0 Å². The van der Waals surface area contributed by atoms with E-state index in [4.69, 9.17) is 11.6 Å². The Kier molecular flexibility index (Phi) is 3.83. The van der Waals surface area contributed by atoms with E-state index >= 15 is 0 Å². The fourth-order valence-corrected chi connectivity index (χ4v) is 3.02. The van der Waals surface area contributed by atoms with Crippen molar-refractivity contribution in [2.45, 2.75) is 25.8 Å². The van der Waals surface area contributed by atoms with Crippen LogP contribution in [0.1, 0.15) is 24.0 Å². The monoisotopic (exact) mass is 287 g/mol. The lowest BCUT2D eigenvalue weighted by Gasteiger charge is -2.25. The number of phenolic OH excluding ortho intramolecular Hbond substituents is 1. The maximum atomic E-state index is 10.1. The fraction of sp³-hybridized carbons (Fsp3) is 0.294. The van der Waals surface area contributed by atoms with E-state index in [1.165, 1.54) is 24.1 Å². The summed E-state index contributed by atoms with van der Waals surface area (Å²) in [7, 11) is 0. The van der Waals surface area contributed by atoms with Crippen molar-refractivity contribution in [1.29, 1.82) is 0 Å². The van der Waals surface area contributed by atoms with Gasteiger partial charge in [0.15, 0.2) is 0 Å². The van der Waals surface area contributed by atoms with Crippen molar-refractivity contribution in [3.63, 3.8) is 0 Å². The molecule has 0 aliphatic carbocycles. The number of benzene rings is 2. The summed E-state index contributed by atoms with van der Waals surface area (Å²) in [6.07, 6.45) is 3.53. The summed E-state index contributed by atoms with van der Waals surface area (Å²) in [5.41, 5.74) is 3.56. The molecule has 0 spiro atoms. The highest BCUT2D eigenvalue weighted by Crippen LogP contribution is 2.32. The molecule has 3 rings (SSSR count). The molecular weight excluding hydrogens is 270 g/mol. The predicted octanol–water partition coefficient (Wildman–Crippen LogP) is 4.39. The molecule has 20 heavy (non-hydrogen) atoms. The van der Waals surface area contributed by atoms with Crippen LogP contribution in [0.3, 0.4) is 0 Å². The molecule has 0 saturated carbocycles. The van der Waals surface area contributed by atoms with Crippen LogP contribution in [0.15, 0.2) is 42.5 Å². The third-order valence-electron chi connectivity index (χ3n) is 3.89. The molecular formula is C17H18ClNO. The SMILES string of the molecule is Oc1c(Cl)cccc1CN1CCCCc2ccccc21. The van der Waals surface area contributed by atoms with E-state index in [0.717, 1.165) is 18.5 Å². The van der Waals surface area contributed by atoms with E-state index in [0.29, 0.717) is 11.6 Å².